The van der Waals surface area contributed by atoms with E-state index in [0.29, 0.717) is 4.31 Å². The number of carbonyl (C=O) groups is 1. The maximum absolute atomic E-state index is 13.4. The van der Waals surface area contributed by atoms with Gasteiger partial charge in [-0.05, 0) is 26.0 Å². The van der Waals surface area contributed by atoms with Crippen LogP contribution in [-0.4, -0.2) is 30.9 Å². The molecule has 0 saturated heterocycles. The highest BCUT2D eigenvalue weighted by atomic mass is 32.2. The Labute approximate surface area is 104 Å². The van der Waals surface area contributed by atoms with Crippen LogP contribution in [0, 0.1) is 11.6 Å². The van der Waals surface area contributed by atoms with Gasteiger partial charge >= 0.3 is 0 Å². The Morgan fingerprint density at radius 2 is 1.83 bits per heavy atom. The van der Waals surface area contributed by atoms with Crippen molar-refractivity contribution >= 4 is 15.9 Å². The van der Waals surface area contributed by atoms with Gasteiger partial charge in [-0.2, -0.15) is 0 Å². The van der Waals surface area contributed by atoms with Gasteiger partial charge in [0, 0.05) is 7.05 Å². The number of amides is 1. The molecule has 0 fully saturated rings. The lowest BCUT2D eigenvalue weighted by Gasteiger charge is -2.20. The van der Waals surface area contributed by atoms with Crippen LogP contribution in [0.4, 0.5) is 8.78 Å². The Morgan fingerprint density at radius 3 is 2.33 bits per heavy atom. The minimum Gasteiger partial charge on any atom is -0.268 e. The van der Waals surface area contributed by atoms with E-state index in [-0.39, 0.29) is 0 Å². The predicted octanol–water partition coefficient (Wildman–Crippen LogP) is 1.77. The molecule has 0 bridgehead atoms. The molecule has 0 aliphatic carbocycles. The van der Waals surface area contributed by atoms with Crippen LogP contribution in [0.1, 0.15) is 24.2 Å². The van der Waals surface area contributed by atoms with E-state index >= 15 is 0 Å². The van der Waals surface area contributed by atoms with E-state index in [2.05, 4.69) is 0 Å². The highest BCUT2D eigenvalue weighted by molar-refractivity contribution is 7.90. The van der Waals surface area contributed by atoms with Gasteiger partial charge in [-0.15, -0.1) is 0 Å². The van der Waals surface area contributed by atoms with E-state index in [9.17, 15) is 22.0 Å². The van der Waals surface area contributed by atoms with Crippen LogP contribution in [-0.2, 0) is 10.0 Å². The standard InChI is InChI=1S/C11H13F2NO3S/c1-7(2)18(16,17)14(3)11(15)8-5-4-6-9(12)10(8)13/h4-7H,1-3H3. The average molecular weight is 277 g/mol. The van der Waals surface area contributed by atoms with Crippen molar-refractivity contribution in [2.24, 2.45) is 0 Å². The highest BCUT2D eigenvalue weighted by Crippen LogP contribution is 2.16. The molecule has 0 aliphatic heterocycles. The third-order valence-electron chi connectivity index (χ3n) is 2.45. The van der Waals surface area contributed by atoms with Crippen molar-refractivity contribution in [3.63, 3.8) is 0 Å². The number of hydrogen-bond acceptors (Lipinski definition) is 3. The topological polar surface area (TPSA) is 54.5 Å². The minimum atomic E-state index is -3.86. The molecule has 1 rings (SSSR count). The summed E-state index contributed by atoms with van der Waals surface area (Å²) < 4.78 is 50.2. The first-order valence-electron chi connectivity index (χ1n) is 5.15. The van der Waals surface area contributed by atoms with E-state index < -0.39 is 38.4 Å². The van der Waals surface area contributed by atoms with Gasteiger partial charge < -0.3 is 0 Å². The molecule has 0 aliphatic rings. The summed E-state index contributed by atoms with van der Waals surface area (Å²) in [7, 11) is -2.84. The van der Waals surface area contributed by atoms with Crippen molar-refractivity contribution < 1.29 is 22.0 Å². The molecule has 100 valence electrons. The average Bonchev–Trinajstić information content (AvgIpc) is 2.30. The molecule has 7 heteroatoms. The van der Waals surface area contributed by atoms with Gasteiger partial charge in [0.25, 0.3) is 5.91 Å². The van der Waals surface area contributed by atoms with Crippen LogP contribution in [0.5, 0.6) is 0 Å². The summed E-state index contributed by atoms with van der Waals surface area (Å²) >= 11 is 0. The second-order valence-corrected chi connectivity index (χ2v) is 6.49. The smallest absolute Gasteiger partial charge is 0.268 e. The number of halogens is 2. The minimum absolute atomic E-state index is 0.426. The van der Waals surface area contributed by atoms with Crippen molar-refractivity contribution in [3.05, 3.63) is 35.4 Å². The molecule has 18 heavy (non-hydrogen) atoms. The Bertz CT molecular complexity index is 570. The quantitative estimate of drug-likeness (QED) is 0.846. The van der Waals surface area contributed by atoms with Gasteiger partial charge in [0.05, 0.1) is 10.8 Å². The van der Waals surface area contributed by atoms with Crippen molar-refractivity contribution in [1.82, 2.24) is 4.31 Å². The van der Waals surface area contributed by atoms with Crippen LogP contribution in [0.25, 0.3) is 0 Å². The SMILES string of the molecule is CC(C)S(=O)(=O)N(C)C(=O)c1cccc(F)c1F. The van der Waals surface area contributed by atoms with Gasteiger partial charge in [-0.3, -0.25) is 4.79 Å². The summed E-state index contributed by atoms with van der Waals surface area (Å²) in [4.78, 5) is 11.8. The van der Waals surface area contributed by atoms with E-state index in [1.807, 2.05) is 0 Å². The lowest BCUT2D eigenvalue weighted by atomic mass is 10.2. The van der Waals surface area contributed by atoms with Gasteiger partial charge in [-0.1, -0.05) is 6.07 Å². The van der Waals surface area contributed by atoms with E-state index in [1.165, 1.54) is 13.8 Å². The molecule has 1 amide bonds. The van der Waals surface area contributed by atoms with Crippen LogP contribution < -0.4 is 0 Å². The molecule has 0 aromatic heterocycles. The summed E-state index contributed by atoms with van der Waals surface area (Å²) in [6, 6.07) is 3.03. The van der Waals surface area contributed by atoms with Crippen molar-refractivity contribution in [3.8, 4) is 0 Å². The molecule has 0 unspecified atom stereocenters. The maximum atomic E-state index is 13.4. The summed E-state index contributed by atoms with van der Waals surface area (Å²) in [5.41, 5.74) is -0.610. The highest BCUT2D eigenvalue weighted by Gasteiger charge is 2.29. The fraction of sp³-hybridized carbons (Fsp3) is 0.364. The normalized spacial score (nSPS) is 11.7. The third kappa shape index (κ3) is 2.50. The molecule has 0 N–H and O–H groups in total. The van der Waals surface area contributed by atoms with Crippen molar-refractivity contribution in [1.29, 1.82) is 0 Å². The van der Waals surface area contributed by atoms with E-state index in [0.717, 1.165) is 25.2 Å². The molecule has 0 heterocycles. The fourth-order valence-corrected chi connectivity index (χ4v) is 2.23. The van der Waals surface area contributed by atoms with Gasteiger partial charge in [0.1, 0.15) is 0 Å². The van der Waals surface area contributed by atoms with Crippen LogP contribution in [0.2, 0.25) is 0 Å². The Kier molecular flexibility index (Phi) is 4.05. The number of carbonyl (C=O) groups excluding carboxylic acids is 1. The lowest BCUT2D eigenvalue weighted by molar-refractivity contribution is 0.0877. The number of benzene rings is 1. The van der Waals surface area contributed by atoms with Crippen LogP contribution >= 0.6 is 0 Å². The summed E-state index contributed by atoms with van der Waals surface area (Å²) in [6.45, 7) is 2.78. The second kappa shape index (κ2) is 5.01. The monoisotopic (exact) mass is 277 g/mol. The zero-order valence-electron chi connectivity index (χ0n) is 10.1. The first-order valence-corrected chi connectivity index (χ1v) is 6.66. The number of hydrogen-bond donors (Lipinski definition) is 0. The number of nitrogens with zero attached hydrogens (tertiary/aromatic N) is 1. The van der Waals surface area contributed by atoms with Gasteiger partial charge in [-0.25, -0.2) is 21.5 Å². The second-order valence-electron chi connectivity index (χ2n) is 3.97. The molecular formula is C11H13F2NO3S. The molecule has 0 spiro atoms. The fourth-order valence-electron chi connectivity index (χ4n) is 1.27. The van der Waals surface area contributed by atoms with Gasteiger partial charge in [0.2, 0.25) is 10.0 Å². The van der Waals surface area contributed by atoms with Crippen molar-refractivity contribution in [2.45, 2.75) is 19.1 Å². The summed E-state index contributed by atoms with van der Waals surface area (Å²) in [6.07, 6.45) is 0. The molecule has 4 nitrogen and oxygen atoms in total. The molecule has 0 atom stereocenters. The molecular weight excluding hydrogens is 264 g/mol. The van der Waals surface area contributed by atoms with Crippen LogP contribution in [0.15, 0.2) is 18.2 Å². The maximum Gasteiger partial charge on any atom is 0.270 e. The third-order valence-corrected chi connectivity index (χ3v) is 4.57. The van der Waals surface area contributed by atoms with Crippen LogP contribution in [0.3, 0.4) is 0 Å². The van der Waals surface area contributed by atoms with E-state index in [1.54, 1.807) is 0 Å². The first-order chi connectivity index (χ1) is 8.19. The molecule has 1 aromatic carbocycles. The summed E-state index contributed by atoms with van der Waals surface area (Å²) in [5, 5.41) is -0.830. The van der Waals surface area contributed by atoms with Crippen molar-refractivity contribution in [2.75, 3.05) is 7.05 Å². The Balaban J connectivity index is 3.20. The van der Waals surface area contributed by atoms with E-state index in [4.69, 9.17) is 0 Å². The predicted molar refractivity (Wildman–Crippen MR) is 62.5 cm³/mol. The Hall–Kier alpha value is -1.50. The number of sulfonamides is 1. The lowest BCUT2D eigenvalue weighted by Crippen LogP contribution is -2.38. The first kappa shape index (κ1) is 14.6. The zero-order chi connectivity index (χ0) is 14.1. The summed E-state index contributed by atoms with van der Waals surface area (Å²) in [5.74, 6) is -3.65. The number of rotatable bonds is 3. The Morgan fingerprint density at radius 1 is 1.28 bits per heavy atom. The largest absolute Gasteiger partial charge is 0.270 e. The zero-order valence-corrected chi connectivity index (χ0v) is 11.0. The molecule has 0 radical (unpaired) electrons. The van der Waals surface area contributed by atoms with Gasteiger partial charge in [0.15, 0.2) is 11.6 Å². The molecule has 1 aromatic rings. The molecule has 0 saturated carbocycles.